The molecule has 0 bridgehead atoms. The van der Waals surface area contributed by atoms with Gasteiger partial charge in [-0.25, -0.2) is 4.99 Å². The average molecular weight is 385 g/mol. The van der Waals surface area contributed by atoms with Crippen LogP contribution in [0.3, 0.4) is 0 Å². The van der Waals surface area contributed by atoms with Crippen molar-refractivity contribution in [2.45, 2.75) is 6.92 Å². The van der Waals surface area contributed by atoms with Gasteiger partial charge in [0.2, 0.25) is 5.78 Å². The molecular formula is C25H23NO3. The van der Waals surface area contributed by atoms with E-state index in [0.29, 0.717) is 23.6 Å². The number of hydrogen-bond donors (Lipinski definition) is 0. The van der Waals surface area contributed by atoms with Crippen LogP contribution in [0.2, 0.25) is 0 Å². The van der Waals surface area contributed by atoms with Crippen LogP contribution in [0, 0.1) is 0 Å². The maximum Gasteiger partial charge on any atom is 0.215 e. The number of ether oxygens (including phenoxy) is 2. The second kappa shape index (κ2) is 10.0. The summed E-state index contributed by atoms with van der Waals surface area (Å²) in [5.41, 5.74) is 2.39. The number of hydrogen-bond acceptors (Lipinski definition) is 4. The third-order valence-electron chi connectivity index (χ3n) is 4.19. The lowest BCUT2D eigenvalue weighted by atomic mass is 10.0. The molecule has 3 aromatic rings. The highest BCUT2D eigenvalue weighted by Gasteiger charge is 2.20. The number of carbonyl (C=O) groups is 1. The first-order valence-electron chi connectivity index (χ1n) is 9.43. The van der Waals surface area contributed by atoms with E-state index in [-0.39, 0.29) is 11.5 Å². The molecule has 29 heavy (non-hydrogen) atoms. The fourth-order valence-electron chi connectivity index (χ4n) is 2.76. The number of para-hydroxylation sites is 1. The molecule has 0 saturated heterocycles. The zero-order valence-electron chi connectivity index (χ0n) is 16.5. The molecule has 0 aromatic heterocycles. The monoisotopic (exact) mass is 385 g/mol. The largest absolute Gasteiger partial charge is 0.497 e. The minimum absolute atomic E-state index is 0.192. The van der Waals surface area contributed by atoms with Crippen LogP contribution in [0.25, 0.3) is 6.08 Å². The summed E-state index contributed by atoms with van der Waals surface area (Å²) in [6.07, 6.45) is 1.82. The van der Waals surface area contributed by atoms with Gasteiger partial charge in [-0.2, -0.15) is 0 Å². The van der Waals surface area contributed by atoms with Gasteiger partial charge in [0.25, 0.3) is 0 Å². The number of allylic oxidation sites excluding steroid dienone is 1. The number of methoxy groups -OCH3 is 1. The molecule has 0 fully saturated rings. The molecule has 0 atom stereocenters. The van der Waals surface area contributed by atoms with E-state index in [0.717, 1.165) is 11.3 Å². The second-order valence-electron chi connectivity index (χ2n) is 6.21. The van der Waals surface area contributed by atoms with Gasteiger partial charge in [-0.05, 0) is 42.8 Å². The van der Waals surface area contributed by atoms with E-state index >= 15 is 0 Å². The number of benzene rings is 3. The maximum atomic E-state index is 13.3. The summed E-state index contributed by atoms with van der Waals surface area (Å²) in [7, 11) is 1.62. The Kier molecular flexibility index (Phi) is 6.95. The number of Topliss-reactive ketones (excluding diaryl/α,β-unsaturated/α-hetero) is 1. The van der Waals surface area contributed by atoms with Crippen LogP contribution >= 0.6 is 0 Å². The van der Waals surface area contributed by atoms with Crippen LogP contribution in [-0.4, -0.2) is 25.2 Å². The highest BCUT2D eigenvalue weighted by molar-refractivity contribution is 6.51. The third-order valence-corrected chi connectivity index (χ3v) is 4.19. The summed E-state index contributed by atoms with van der Waals surface area (Å²) < 4.78 is 11.1. The Bertz CT molecular complexity index is 991. The van der Waals surface area contributed by atoms with Crippen LogP contribution in [0.5, 0.6) is 5.75 Å². The van der Waals surface area contributed by atoms with E-state index in [2.05, 4.69) is 4.99 Å². The van der Waals surface area contributed by atoms with Crippen molar-refractivity contribution in [3.8, 4) is 5.75 Å². The van der Waals surface area contributed by atoms with Crippen molar-refractivity contribution in [1.29, 1.82) is 0 Å². The molecule has 3 aromatic carbocycles. The summed E-state index contributed by atoms with van der Waals surface area (Å²) in [6.45, 7) is 2.30. The third kappa shape index (κ3) is 5.42. The SMILES string of the molecule is CCO/C(=C\c1ccc(OC)cc1)C(=Nc1ccccc1)C(=O)c1ccccc1. The summed E-state index contributed by atoms with van der Waals surface area (Å²) in [5, 5.41) is 0. The van der Waals surface area contributed by atoms with Gasteiger partial charge in [-0.3, -0.25) is 4.79 Å². The molecule has 0 radical (unpaired) electrons. The Labute approximate surface area is 171 Å². The maximum absolute atomic E-state index is 13.3. The van der Waals surface area contributed by atoms with Gasteiger partial charge in [0, 0.05) is 5.56 Å². The standard InChI is InChI=1S/C25H23NO3/c1-3-29-23(18-19-14-16-22(28-2)17-15-19)24(26-21-12-8-5-9-13-21)25(27)20-10-6-4-7-11-20/h4-18H,3H2,1-2H3/b23-18-,26-24?. The average Bonchev–Trinajstić information content (AvgIpc) is 2.78. The van der Waals surface area contributed by atoms with Crippen molar-refractivity contribution in [2.75, 3.05) is 13.7 Å². The van der Waals surface area contributed by atoms with E-state index in [1.54, 1.807) is 19.2 Å². The highest BCUT2D eigenvalue weighted by atomic mass is 16.5. The molecule has 0 aliphatic carbocycles. The van der Waals surface area contributed by atoms with Crippen LogP contribution in [0.4, 0.5) is 5.69 Å². The van der Waals surface area contributed by atoms with E-state index < -0.39 is 0 Å². The minimum Gasteiger partial charge on any atom is -0.497 e. The Hall–Kier alpha value is -3.66. The number of nitrogens with zero attached hydrogens (tertiary/aromatic N) is 1. The van der Waals surface area contributed by atoms with Gasteiger partial charge in [-0.1, -0.05) is 60.7 Å². The highest BCUT2D eigenvalue weighted by Crippen LogP contribution is 2.20. The predicted molar refractivity (Wildman–Crippen MR) is 117 cm³/mol. The molecule has 4 nitrogen and oxygen atoms in total. The Balaban J connectivity index is 2.08. The lowest BCUT2D eigenvalue weighted by Crippen LogP contribution is -2.19. The van der Waals surface area contributed by atoms with E-state index in [9.17, 15) is 4.79 Å². The Morgan fingerprint density at radius 2 is 1.52 bits per heavy atom. The number of rotatable bonds is 8. The fourth-order valence-corrected chi connectivity index (χ4v) is 2.76. The quantitative estimate of drug-likeness (QED) is 0.283. The smallest absolute Gasteiger partial charge is 0.215 e. The van der Waals surface area contributed by atoms with Crippen molar-refractivity contribution in [1.82, 2.24) is 0 Å². The topological polar surface area (TPSA) is 47.9 Å². The van der Waals surface area contributed by atoms with Crippen molar-refractivity contribution in [3.05, 3.63) is 102 Å². The molecule has 0 heterocycles. The summed E-state index contributed by atoms with van der Waals surface area (Å²) >= 11 is 0. The van der Waals surface area contributed by atoms with Gasteiger partial charge in [0.1, 0.15) is 11.5 Å². The van der Waals surface area contributed by atoms with Crippen molar-refractivity contribution >= 4 is 23.3 Å². The number of carbonyl (C=O) groups excluding carboxylic acids is 1. The van der Waals surface area contributed by atoms with Gasteiger partial charge >= 0.3 is 0 Å². The van der Waals surface area contributed by atoms with E-state index in [4.69, 9.17) is 9.47 Å². The normalized spacial score (nSPS) is 11.8. The summed E-state index contributed by atoms with van der Waals surface area (Å²) in [4.78, 5) is 17.9. The molecule has 0 aliphatic heterocycles. The minimum atomic E-state index is -0.192. The van der Waals surface area contributed by atoms with Crippen LogP contribution in [0.1, 0.15) is 22.8 Å². The molecule has 0 amide bonds. The summed E-state index contributed by atoms with van der Waals surface area (Å²) in [5.74, 6) is 0.997. The molecule has 0 aliphatic rings. The molecule has 0 N–H and O–H groups in total. The van der Waals surface area contributed by atoms with E-state index in [1.165, 1.54) is 0 Å². The Morgan fingerprint density at radius 3 is 2.10 bits per heavy atom. The number of aliphatic imine (C=N–C) groups is 1. The molecule has 146 valence electrons. The molecular weight excluding hydrogens is 362 g/mol. The molecule has 0 spiro atoms. The lowest BCUT2D eigenvalue weighted by molar-refractivity contribution is 0.106. The van der Waals surface area contributed by atoms with Crippen LogP contribution in [0.15, 0.2) is 95.7 Å². The van der Waals surface area contributed by atoms with E-state index in [1.807, 2.05) is 85.8 Å². The van der Waals surface area contributed by atoms with Crippen molar-refractivity contribution in [2.24, 2.45) is 4.99 Å². The van der Waals surface area contributed by atoms with Crippen molar-refractivity contribution in [3.63, 3.8) is 0 Å². The van der Waals surface area contributed by atoms with Crippen LogP contribution < -0.4 is 4.74 Å². The molecule has 3 rings (SSSR count). The Morgan fingerprint density at radius 1 is 0.897 bits per heavy atom. The van der Waals surface area contributed by atoms with Crippen LogP contribution in [-0.2, 0) is 4.74 Å². The first-order chi connectivity index (χ1) is 14.2. The van der Waals surface area contributed by atoms with Gasteiger partial charge in [-0.15, -0.1) is 0 Å². The second-order valence-corrected chi connectivity index (χ2v) is 6.21. The van der Waals surface area contributed by atoms with Gasteiger partial charge in [0.05, 0.1) is 19.4 Å². The molecule has 4 heteroatoms. The molecule has 0 saturated carbocycles. The van der Waals surface area contributed by atoms with Crippen molar-refractivity contribution < 1.29 is 14.3 Å². The fraction of sp³-hybridized carbons (Fsp3) is 0.120. The first kappa shape index (κ1) is 20.1. The zero-order valence-corrected chi connectivity index (χ0v) is 16.5. The molecule has 0 unspecified atom stereocenters. The lowest BCUT2D eigenvalue weighted by Gasteiger charge is -2.12. The summed E-state index contributed by atoms with van der Waals surface area (Å²) in [6, 6.07) is 26.0. The predicted octanol–water partition coefficient (Wildman–Crippen LogP) is 5.73. The first-order valence-corrected chi connectivity index (χ1v) is 9.43. The van der Waals surface area contributed by atoms with Gasteiger partial charge < -0.3 is 9.47 Å². The van der Waals surface area contributed by atoms with Gasteiger partial charge in [0.15, 0.2) is 5.71 Å². The number of ketones is 1. The zero-order chi connectivity index (χ0) is 20.5.